The van der Waals surface area contributed by atoms with Gasteiger partial charge in [-0.3, -0.25) is 0 Å². The van der Waals surface area contributed by atoms with Gasteiger partial charge in [0.1, 0.15) is 5.76 Å². The number of hydrogen-bond donors (Lipinski definition) is 0. The van der Waals surface area contributed by atoms with Crippen LogP contribution in [0.15, 0.2) is 27.9 Å². The van der Waals surface area contributed by atoms with Crippen molar-refractivity contribution in [1.29, 1.82) is 0 Å². The maximum Gasteiger partial charge on any atom is 0.336 e. The van der Waals surface area contributed by atoms with E-state index in [1.807, 2.05) is 6.92 Å². The van der Waals surface area contributed by atoms with Gasteiger partial charge >= 0.3 is 5.63 Å². The smallest absolute Gasteiger partial charge is 0.336 e. The molecule has 0 radical (unpaired) electrons. The van der Waals surface area contributed by atoms with Crippen molar-refractivity contribution in [2.24, 2.45) is 0 Å². The van der Waals surface area contributed by atoms with E-state index in [1.165, 1.54) is 12.1 Å². The Bertz CT molecular complexity index is 296. The lowest BCUT2D eigenvalue weighted by molar-refractivity contribution is 0.500. The fourth-order valence-electron chi connectivity index (χ4n) is 0.728. The van der Waals surface area contributed by atoms with Crippen LogP contribution in [-0.2, 0) is 0 Å². The van der Waals surface area contributed by atoms with E-state index in [4.69, 9.17) is 4.42 Å². The second-order valence-corrected chi connectivity index (χ2v) is 2.06. The van der Waals surface area contributed by atoms with Crippen molar-refractivity contribution in [3.05, 3.63) is 40.5 Å². The van der Waals surface area contributed by atoms with E-state index in [-0.39, 0.29) is 5.63 Å². The molecule has 2 heteroatoms. The summed E-state index contributed by atoms with van der Waals surface area (Å²) in [6, 6.07) is 3.20. The molecule has 0 saturated carbocycles. The zero-order chi connectivity index (χ0) is 7.56. The van der Waals surface area contributed by atoms with Gasteiger partial charge in [-0.1, -0.05) is 6.58 Å². The highest BCUT2D eigenvalue weighted by Gasteiger charge is 1.91. The van der Waals surface area contributed by atoms with Crippen molar-refractivity contribution in [2.45, 2.75) is 6.92 Å². The third kappa shape index (κ3) is 1.35. The van der Waals surface area contributed by atoms with Gasteiger partial charge in [0.15, 0.2) is 0 Å². The predicted molar refractivity (Wildman–Crippen MR) is 39.8 cm³/mol. The van der Waals surface area contributed by atoms with Gasteiger partial charge in [0.2, 0.25) is 0 Å². The first-order valence-electron chi connectivity index (χ1n) is 2.96. The molecule has 0 unspecified atom stereocenters. The Morgan fingerprint density at radius 3 is 2.80 bits per heavy atom. The molecule has 0 N–H and O–H groups in total. The van der Waals surface area contributed by atoms with Gasteiger partial charge in [-0.15, -0.1) is 0 Å². The van der Waals surface area contributed by atoms with Crippen molar-refractivity contribution in [2.75, 3.05) is 0 Å². The lowest BCUT2D eigenvalue weighted by atomic mass is 10.3. The zero-order valence-corrected chi connectivity index (χ0v) is 5.76. The molecule has 10 heavy (non-hydrogen) atoms. The molecule has 1 rings (SSSR count). The van der Waals surface area contributed by atoms with Crippen LogP contribution in [0.5, 0.6) is 0 Å². The van der Waals surface area contributed by atoms with Crippen LogP contribution in [0, 0.1) is 6.92 Å². The molecule has 0 amide bonds. The molecule has 2 nitrogen and oxygen atoms in total. The third-order valence-corrected chi connectivity index (χ3v) is 1.14. The minimum Gasteiger partial charge on any atom is -0.423 e. The van der Waals surface area contributed by atoms with E-state index in [1.54, 1.807) is 6.07 Å². The third-order valence-electron chi connectivity index (χ3n) is 1.14. The molecule has 1 heterocycles. The Labute approximate surface area is 58.8 Å². The van der Waals surface area contributed by atoms with Crippen molar-refractivity contribution in [1.82, 2.24) is 0 Å². The lowest BCUT2D eigenvalue weighted by Crippen LogP contribution is -1.97. The Morgan fingerprint density at radius 1 is 1.60 bits per heavy atom. The van der Waals surface area contributed by atoms with E-state index in [9.17, 15) is 4.79 Å². The van der Waals surface area contributed by atoms with Crippen LogP contribution in [0.3, 0.4) is 0 Å². The predicted octanol–water partition coefficient (Wildman–Crippen LogP) is 1.59. The van der Waals surface area contributed by atoms with Gasteiger partial charge in [-0.2, -0.15) is 0 Å². The summed E-state index contributed by atoms with van der Waals surface area (Å²) >= 11 is 0. The summed E-state index contributed by atoms with van der Waals surface area (Å²) < 4.78 is 4.73. The van der Waals surface area contributed by atoms with Crippen LogP contribution in [0.25, 0.3) is 6.08 Å². The molecular formula is C8H8O2. The fraction of sp³-hybridized carbons (Fsp3) is 0.125. The first-order valence-corrected chi connectivity index (χ1v) is 2.96. The largest absolute Gasteiger partial charge is 0.423 e. The standard InChI is InChI=1S/C8H8O2/c1-3-7-4-6(2)5-8(9)10-7/h3-5H,1H2,2H3. The zero-order valence-electron chi connectivity index (χ0n) is 5.76. The molecule has 1 aromatic rings. The molecule has 0 bridgehead atoms. The molecule has 52 valence electrons. The molecular weight excluding hydrogens is 128 g/mol. The lowest BCUT2D eigenvalue weighted by Gasteiger charge is -1.91. The van der Waals surface area contributed by atoms with Gasteiger partial charge in [0.05, 0.1) is 0 Å². The first kappa shape index (κ1) is 6.81. The maximum atomic E-state index is 10.7. The highest BCUT2D eigenvalue weighted by atomic mass is 16.4. The van der Waals surface area contributed by atoms with Crippen LogP contribution >= 0.6 is 0 Å². The minimum atomic E-state index is -0.324. The number of rotatable bonds is 1. The quantitative estimate of drug-likeness (QED) is 0.586. The van der Waals surface area contributed by atoms with Crippen molar-refractivity contribution < 1.29 is 4.42 Å². The molecule has 0 aliphatic carbocycles. The van der Waals surface area contributed by atoms with Crippen LogP contribution in [0.1, 0.15) is 11.3 Å². The SMILES string of the molecule is C=Cc1cc(C)cc(=O)o1. The Hall–Kier alpha value is -1.31. The van der Waals surface area contributed by atoms with E-state index >= 15 is 0 Å². The molecule has 0 fully saturated rings. The van der Waals surface area contributed by atoms with Gasteiger partial charge in [0, 0.05) is 6.07 Å². The summed E-state index contributed by atoms with van der Waals surface area (Å²) in [4.78, 5) is 10.7. The summed E-state index contributed by atoms with van der Waals surface area (Å²) in [5.41, 5.74) is 0.570. The molecule has 1 aromatic heterocycles. The average molecular weight is 136 g/mol. The van der Waals surface area contributed by atoms with Gasteiger partial charge in [-0.25, -0.2) is 4.79 Å². The van der Waals surface area contributed by atoms with E-state index < -0.39 is 0 Å². The Morgan fingerprint density at radius 2 is 2.30 bits per heavy atom. The normalized spacial score (nSPS) is 9.30. The highest BCUT2D eigenvalue weighted by molar-refractivity contribution is 5.39. The Kier molecular flexibility index (Phi) is 1.71. The second-order valence-electron chi connectivity index (χ2n) is 2.06. The van der Waals surface area contributed by atoms with Gasteiger partial charge < -0.3 is 4.42 Å². The summed E-state index contributed by atoms with van der Waals surface area (Å²) in [6.07, 6.45) is 1.51. The van der Waals surface area contributed by atoms with Crippen LogP contribution < -0.4 is 5.63 Å². The van der Waals surface area contributed by atoms with Crippen molar-refractivity contribution >= 4 is 6.08 Å². The Balaban J connectivity index is 3.32. The van der Waals surface area contributed by atoms with E-state index in [0.29, 0.717) is 5.76 Å². The number of hydrogen-bond acceptors (Lipinski definition) is 2. The molecule has 0 aliphatic heterocycles. The highest BCUT2D eigenvalue weighted by Crippen LogP contribution is 1.99. The minimum absolute atomic E-state index is 0.324. The summed E-state index contributed by atoms with van der Waals surface area (Å²) in [7, 11) is 0. The summed E-state index contributed by atoms with van der Waals surface area (Å²) in [5.74, 6) is 0.519. The summed E-state index contributed by atoms with van der Waals surface area (Å²) in [5, 5.41) is 0. The van der Waals surface area contributed by atoms with Gasteiger partial charge in [-0.05, 0) is 24.6 Å². The van der Waals surface area contributed by atoms with Crippen molar-refractivity contribution in [3.63, 3.8) is 0 Å². The average Bonchev–Trinajstić information content (AvgIpc) is 1.85. The second kappa shape index (κ2) is 2.52. The monoisotopic (exact) mass is 136 g/mol. The van der Waals surface area contributed by atoms with Gasteiger partial charge in [0.25, 0.3) is 0 Å². The van der Waals surface area contributed by atoms with Crippen LogP contribution in [-0.4, -0.2) is 0 Å². The molecule has 0 aromatic carbocycles. The topological polar surface area (TPSA) is 30.2 Å². The molecule has 0 saturated heterocycles. The van der Waals surface area contributed by atoms with Crippen LogP contribution in [0.2, 0.25) is 0 Å². The van der Waals surface area contributed by atoms with Crippen LogP contribution in [0.4, 0.5) is 0 Å². The molecule has 0 atom stereocenters. The maximum absolute atomic E-state index is 10.7. The van der Waals surface area contributed by atoms with E-state index in [2.05, 4.69) is 6.58 Å². The molecule has 0 aliphatic rings. The van der Waals surface area contributed by atoms with E-state index in [0.717, 1.165) is 5.56 Å². The van der Waals surface area contributed by atoms with Crippen molar-refractivity contribution in [3.8, 4) is 0 Å². The fourth-order valence-corrected chi connectivity index (χ4v) is 0.728. The first-order chi connectivity index (χ1) is 4.72. The molecule has 0 spiro atoms. The summed E-state index contributed by atoms with van der Waals surface area (Å²) in [6.45, 7) is 5.32. The number of aryl methyl sites for hydroxylation is 1.